The van der Waals surface area contributed by atoms with Gasteiger partial charge in [-0.1, -0.05) is 12.1 Å². The van der Waals surface area contributed by atoms with Gasteiger partial charge in [-0.3, -0.25) is 4.79 Å². The molecule has 0 bridgehead atoms. The largest absolute Gasteiger partial charge is 0.408 e. The fourth-order valence-corrected chi connectivity index (χ4v) is 3.51. The summed E-state index contributed by atoms with van der Waals surface area (Å²) in [5.74, 6) is -0.558. The molecule has 1 fully saturated rings. The molecule has 1 aliphatic rings. The Labute approximate surface area is 132 Å². The van der Waals surface area contributed by atoms with Crippen molar-refractivity contribution < 1.29 is 18.0 Å². The Morgan fingerprint density at radius 3 is 2.48 bits per heavy atom. The molecule has 1 amide bonds. The van der Waals surface area contributed by atoms with Crippen LogP contribution >= 0.6 is 0 Å². The molecule has 1 aromatic heterocycles. The van der Waals surface area contributed by atoms with E-state index in [1.807, 2.05) is 26.0 Å². The van der Waals surface area contributed by atoms with Gasteiger partial charge in [0.1, 0.15) is 11.7 Å². The van der Waals surface area contributed by atoms with Gasteiger partial charge in [0.15, 0.2) is 0 Å². The predicted octanol–water partition coefficient (Wildman–Crippen LogP) is 4.26. The SMILES string of the molecule is Cc1ccc(C)c2c(C)c(C(=O)N3CCC[C@H]3C(F)(F)F)[nH]c12. The van der Waals surface area contributed by atoms with Crippen LogP contribution in [0.3, 0.4) is 0 Å². The number of alkyl halides is 3. The number of hydrogen-bond donors (Lipinski definition) is 1. The third kappa shape index (κ3) is 2.50. The van der Waals surface area contributed by atoms with E-state index in [1.54, 1.807) is 6.92 Å². The molecule has 0 unspecified atom stereocenters. The number of likely N-dealkylation sites (tertiary alicyclic amines) is 1. The lowest BCUT2D eigenvalue weighted by Gasteiger charge is -2.26. The van der Waals surface area contributed by atoms with Crippen molar-refractivity contribution in [2.45, 2.75) is 45.8 Å². The van der Waals surface area contributed by atoms with Crippen LogP contribution in [0.4, 0.5) is 13.2 Å². The highest BCUT2D eigenvalue weighted by molar-refractivity contribution is 6.02. The number of amides is 1. The van der Waals surface area contributed by atoms with E-state index >= 15 is 0 Å². The van der Waals surface area contributed by atoms with Gasteiger partial charge in [-0.05, 0) is 50.3 Å². The van der Waals surface area contributed by atoms with Crippen LogP contribution in [-0.4, -0.2) is 34.6 Å². The second-order valence-corrected chi connectivity index (χ2v) is 6.27. The van der Waals surface area contributed by atoms with Gasteiger partial charge >= 0.3 is 6.18 Å². The zero-order valence-electron chi connectivity index (χ0n) is 13.3. The van der Waals surface area contributed by atoms with Crippen LogP contribution < -0.4 is 0 Å². The number of carbonyl (C=O) groups excluding carboxylic acids is 1. The number of carbonyl (C=O) groups is 1. The van der Waals surface area contributed by atoms with Gasteiger partial charge < -0.3 is 9.88 Å². The number of H-pyrrole nitrogens is 1. The number of nitrogens with zero attached hydrogens (tertiary/aromatic N) is 1. The van der Waals surface area contributed by atoms with E-state index in [0.29, 0.717) is 6.42 Å². The van der Waals surface area contributed by atoms with Crippen molar-refractivity contribution in [3.63, 3.8) is 0 Å². The topological polar surface area (TPSA) is 36.1 Å². The summed E-state index contributed by atoms with van der Waals surface area (Å²) in [5.41, 5.74) is 3.80. The van der Waals surface area contributed by atoms with Crippen molar-refractivity contribution in [1.82, 2.24) is 9.88 Å². The molecule has 0 spiro atoms. The van der Waals surface area contributed by atoms with E-state index in [-0.39, 0.29) is 18.7 Å². The molecule has 0 aliphatic carbocycles. The Hall–Kier alpha value is -1.98. The van der Waals surface area contributed by atoms with Crippen molar-refractivity contribution in [2.75, 3.05) is 6.54 Å². The quantitative estimate of drug-likeness (QED) is 0.836. The van der Waals surface area contributed by atoms with E-state index in [9.17, 15) is 18.0 Å². The predicted molar refractivity (Wildman–Crippen MR) is 82.6 cm³/mol. The summed E-state index contributed by atoms with van der Waals surface area (Å²) < 4.78 is 39.3. The summed E-state index contributed by atoms with van der Waals surface area (Å²) in [6, 6.07) is 2.22. The van der Waals surface area contributed by atoms with Gasteiger partial charge in [-0.2, -0.15) is 13.2 Å². The molecule has 6 heteroatoms. The second-order valence-electron chi connectivity index (χ2n) is 6.27. The normalized spacial score (nSPS) is 18.9. The molecule has 1 N–H and O–H groups in total. The average Bonchev–Trinajstić information content (AvgIpc) is 3.07. The van der Waals surface area contributed by atoms with Gasteiger partial charge in [-0.25, -0.2) is 0 Å². The van der Waals surface area contributed by atoms with E-state index in [2.05, 4.69) is 4.98 Å². The van der Waals surface area contributed by atoms with E-state index in [1.165, 1.54) is 0 Å². The Kier molecular flexibility index (Phi) is 3.65. The van der Waals surface area contributed by atoms with E-state index in [0.717, 1.165) is 32.5 Å². The highest BCUT2D eigenvalue weighted by atomic mass is 19.4. The minimum absolute atomic E-state index is 0.0213. The first kappa shape index (κ1) is 15.9. The number of aromatic nitrogens is 1. The Morgan fingerprint density at radius 2 is 1.87 bits per heavy atom. The van der Waals surface area contributed by atoms with Crippen LogP contribution in [0.1, 0.15) is 40.0 Å². The fraction of sp³-hybridized carbons (Fsp3) is 0.471. The molecule has 1 aliphatic heterocycles. The highest BCUT2D eigenvalue weighted by Gasteiger charge is 2.48. The molecular weight excluding hydrogens is 305 g/mol. The van der Waals surface area contributed by atoms with E-state index < -0.39 is 18.1 Å². The molecule has 1 saturated heterocycles. The number of hydrogen-bond acceptors (Lipinski definition) is 1. The number of benzene rings is 1. The standard InChI is InChI=1S/C17H19F3N2O/c1-9-6-7-10(2)14-13(9)11(3)15(21-14)16(23)22-8-4-5-12(22)17(18,19)20/h6-7,12,21H,4-5,8H2,1-3H3/t12-/m0/s1. The third-order valence-electron chi connectivity index (χ3n) is 4.73. The molecule has 1 aromatic carbocycles. The summed E-state index contributed by atoms with van der Waals surface area (Å²) in [4.78, 5) is 16.7. The van der Waals surface area contributed by atoms with Crippen LogP contribution in [0.2, 0.25) is 0 Å². The summed E-state index contributed by atoms with van der Waals surface area (Å²) in [6.45, 7) is 5.79. The van der Waals surface area contributed by atoms with Crippen molar-refractivity contribution in [3.05, 3.63) is 34.5 Å². The Bertz CT molecular complexity index is 776. The van der Waals surface area contributed by atoms with Crippen molar-refractivity contribution in [2.24, 2.45) is 0 Å². The first-order valence-corrected chi connectivity index (χ1v) is 7.68. The Balaban J connectivity index is 2.07. The van der Waals surface area contributed by atoms with E-state index in [4.69, 9.17) is 0 Å². The summed E-state index contributed by atoms with van der Waals surface area (Å²) in [6.07, 6.45) is -4.02. The first-order valence-electron chi connectivity index (χ1n) is 7.68. The van der Waals surface area contributed by atoms with Crippen molar-refractivity contribution >= 4 is 16.8 Å². The summed E-state index contributed by atoms with van der Waals surface area (Å²) in [5, 5.41) is 0.927. The van der Waals surface area contributed by atoms with Gasteiger partial charge in [0.05, 0.1) is 0 Å². The lowest BCUT2D eigenvalue weighted by molar-refractivity contribution is -0.169. The zero-order chi connectivity index (χ0) is 16.9. The van der Waals surface area contributed by atoms with Gasteiger partial charge in [-0.15, -0.1) is 0 Å². The Morgan fingerprint density at radius 1 is 1.22 bits per heavy atom. The molecule has 2 heterocycles. The molecule has 3 rings (SSSR count). The lowest BCUT2D eigenvalue weighted by atomic mass is 10.0. The fourth-order valence-electron chi connectivity index (χ4n) is 3.51. The number of aryl methyl sites for hydroxylation is 3. The summed E-state index contributed by atoms with van der Waals surface area (Å²) in [7, 11) is 0. The zero-order valence-corrected chi connectivity index (χ0v) is 13.3. The third-order valence-corrected chi connectivity index (χ3v) is 4.73. The summed E-state index contributed by atoms with van der Waals surface area (Å²) >= 11 is 0. The molecule has 2 aromatic rings. The maximum absolute atomic E-state index is 13.1. The smallest absolute Gasteiger partial charge is 0.350 e. The van der Waals surface area contributed by atoms with Crippen LogP contribution in [0.5, 0.6) is 0 Å². The van der Waals surface area contributed by atoms with Gasteiger partial charge in [0.2, 0.25) is 0 Å². The van der Waals surface area contributed by atoms with Crippen molar-refractivity contribution in [3.8, 4) is 0 Å². The molecule has 0 saturated carbocycles. The lowest BCUT2D eigenvalue weighted by Crippen LogP contribution is -2.44. The van der Waals surface area contributed by atoms with Crippen LogP contribution in [-0.2, 0) is 0 Å². The molecular formula is C17H19F3N2O. The maximum Gasteiger partial charge on any atom is 0.408 e. The number of fused-ring (bicyclic) bond motifs is 1. The maximum atomic E-state index is 13.1. The number of aromatic amines is 1. The monoisotopic (exact) mass is 324 g/mol. The minimum atomic E-state index is -4.38. The van der Waals surface area contributed by atoms with Crippen LogP contribution in [0.15, 0.2) is 12.1 Å². The highest BCUT2D eigenvalue weighted by Crippen LogP contribution is 2.35. The van der Waals surface area contributed by atoms with Gasteiger partial charge in [0.25, 0.3) is 5.91 Å². The molecule has 23 heavy (non-hydrogen) atoms. The van der Waals surface area contributed by atoms with Crippen LogP contribution in [0, 0.1) is 20.8 Å². The number of rotatable bonds is 1. The first-order chi connectivity index (χ1) is 10.7. The molecule has 3 nitrogen and oxygen atoms in total. The average molecular weight is 324 g/mol. The molecule has 124 valence electrons. The minimum Gasteiger partial charge on any atom is -0.350 e. The van der Waals surface area contributed by atoms with Crippen molar-refractivity contribution in [1.29, 1.82) is 0 Å². The number of nitrogens with one attached hydrogen (secondary N) is 1. The van der Waals surface area contributed by atoms with Gasteiger partial charge in [0, 0.05) is 17.4 Å². The molecule has 0 radical (unpaired) electrons. The van der Waals surface area contributed by atoms with Crippen LogP contribution in [0.25, 0.3) is 10.9 Å². The number of halogens is 3. The second kappa shape index (κ2) is 5.28. The molecule has 1 atom stereocenters.